The molecule has 0 aromatic rings. The summed E-state index contributed by atoms with van der Waals surface area (Å²) in [6.45, 7) is 6.42. The van der Waals surface area contributed by atoms with Crippen molar-refractivity contribution in [1.82, 2.24) is 4.90 Å². The summed E-state index contributed by atoms with van der Waals surface area (Å²) < 4.78 is 0. The maximum absolute atomic E-state index is 9.02. The normalized spacial score (nSPS) is 28.4. The Bertz CT molecular complexity index is 104. The van der Waals surface area contributed by atoms with Crippen LogP contribution in [-0.2, 0) is 0 Å². The average Bonchev–Trinajstić information content (AvgIpc) is 1.86. The standard InChI is InChI=1S/C7H13NO.C2H6/c1-8-4-7(5-8)2-6(9)3-7;1-2/h6,9H,2-5H2,1H3;1-2H3. The quantitative estimate of drug-likeness (QED) is 0.569. The van der Waals surface area contributed by atoms with Crippen LogP contribution in [0.3, 0.4) is 0 Å². The molecule has 0 amide bonds. The SMILES string of the molecule is CC.CN1CC2(CC(O)C2)C1. The number of nitrogens with zero attached hydrogens (tertiary/aromatic N) is 1. The third kappa shape index (κ3) is 1.57. The van der Waals surface area contributed by atoms with E-state index in [2.05, 4.69) is 11.9 Å². The maximum Gasteiger partial charge on any atom is 0.0552 e. The lowest BCUT2D eigenvalue weighted by molar-refractivity contribution is -0.118. The predicted octanol–water partition coefficient (Wildman–Crippen LogP) is 1.10. The molecule has 2 fully saturated rings. The molecule has 1 saturated heterocycles. The Morgan fingerprint density at radius 2 is 1.73 bits per heavy atom. The molecular formula is C9H19NO. The zero-order valence-electron chi connectivity index (χ0n) is 7.80. The van der Waals surface area contributed by atoms with Gasteiger partial charge in [0.25, 0.3) is 0 Å². The molecule has 1 N–H and O–H groups in total. The Morgan fingerprint density at radius 3 is 2.00 bits per heavy atom. The smallest absolute Gasteiger partial charge is 0.0552 e. The van der Waals surface area contributed by atoms with Crippen molar-refractivity contribution >= 4 is 0 Å². The molecule has 0 radical (unpaired) electrons. The lowest BCUT2D eigenvalue weighted by Gasteiger charge is -2.56. The van der Waals surface area contributed by atoms with Crippen molar-refractivity contribution in [2.45, 2.75) is 32.8 Å². The first kappa shape index (κ1) is 9.01. The third-order valence-electron chi connectivity index (χ3n) is 2.55. The van der Waals surface area contributed by atoms with E-state index in [0.29, 0.717) is 5.41 Å². The summed E-state index contributed by atoms with van der Waals surface area (Å²) in [5.41, 5.74) is 0.564. The fourth-order valence-electron chi connectivity index (χ4n) is 2.30. The number of likely N-dealkylation sites (tertiary alicyclic amines) is 1. The Labute approximate surface area is 69.2 Å². The maximum atomic E-state index is 9.02. The molecule has 2 rings (SSSR count). The number of hydrogen-bond acceptors (Lipinski definition) is 2. The Hall–Kier alpha value is -0.0800. The van der Waals surface area contributed by atoms with E-state index in [1.807, 2.05) is 13.8 Å². The van der Waals surface area contributed by atoms with Gasteiger partial charge in [-0.1, -0.05) is 13.8 Å². The summed E-state index contributed by atoms with van der Waals surface area (Å²) in [6, 6.07) is 0. The van der Waals surface area contributed by atoms with Crippen LogP contribution in [0.2, 0.25) is 0 Å². The Balaban J connectivity index is 0.000000281. The van der Waals surface area contributed by atoms with Crippen molar-refractivity contribution in [2.75, 3.05) is 20.1 Å². The number of rotatable bonds is 0. The summed E-state index contributed by atoms with van der Waals surface area (Å²) in [7, 11) is 2.13. The minimum absolute atomic E-state index is 0.0266. The van der Waals surface area contributed by atoms with Gasteiger partial charge in [0.2, 0.25) is 0 Å². The summed E-state index contributed by atoms with van der Waals surface area (Å²) in [4.78, 5) is 2.31. The van der Waals surface area contributed by atoms with Crippen molar-refractivity contribution in [3.63, 3.8) is 0 Å². The molecule has 11 heavy (non-hydrogen) atoms. The number of aliphatic hydroxyl groups excluding tert-OH is 1. The van der Waals surface area contributed by atoms with Crippen molar-refractivity contribution in [2.24, 2.45) is 5.41 Å². The van der Waals surface area contributed by atoms with E-state index in [1.165, 1.54) is 13.1 Å². The van der Waals surface area contributed by atoms with E-state index < -0.39 is 0 Å². The molecular weight excluding hydrogens is 138 g/mol. The van der Waals surface area contributed by atoms with Crippen LogP contribution in [0, 0.1) is 5.41 Å². The molecule has 0 bridgehead atoms. The third-order valence-corrected chi connectivity index (χ3v) is 2.55. The lowest BCUT2D eigenvalue weighted by atomic mass is 9.62. The molecule has 1 spiro atoms. The van der Waals surface area contributed by atoms with Crippen LogP contribution in [-0.4, -0.2) is 36.2 Å². The van der Waals surface area contributed by atoms with Gasteiger partial charge in [0.15, 0.2) is 0 Å². The van der Waals surface area contributed by atoms with Crippen molar-refractivity contribution < 1.29 is 5.11 Å². The van der Waals surface area contributed by atoms with E-state index in [0.717, 1.165) is 12.8 Å². The summed E-state index contributed by atoms with van der Waals surface area (Å²) in [5, 5.41) is 9.02. The van der Waals surface area contributed by atoms with Gasteiger partial charge in [-0.15, -0.1) is 0 Å². The second kappa shape index (κ2) is 3.11. The topological polar surface area (TPSA) is 23.5 Å². The molecule has 2 aliphatic rings. The predicted molar refractivity (Wildman–Crippen MR) is 46.5 cm³/mol. The summed E-state index contributed by atoms with van der Waals surface area (Å²) in [6.07, 6.45) is 2.13. The fraction of sp³-hybridized carbons (Fsp3) is 1.00. The highest BCUT2D eigenvalue weighted by Crippen LogP contribution is 2.47. The zero-order valence-corrected chi connectivity index (χ0v) is 7.80. The van der Waals surface area contributed by atoms with Crippen LogP contribution >= 0.6 is 0 Å². The van der Waals surface area contributed by atoms with Gasteiger partial charge in [0, 0.05) is 18.5 Å². The van der Waals surface area contributed by atoms with Gasteiger partial charge >= 0.3 is 0 Å². The van der Waals surface area contributed by atoms with Crippen LogP contribution < -0.4 is 0 Å². The first-order valence-corrected chi connectivity index (χ1v) is 4.57. The molecule has 0 aromatic carbocycles. The Kier molecular flexibility index (Phi) is 2.55. The molecule has 0 unspecified atom stereocenters. The van der Waals surface area contributed by atoms with Crippen LogP contribution in [0.15, 0.2) is 0 Å². The van der Waals surface area contributed by atoms with E-state index in [4.69, 9.17) is 5.11 Å². The van der Waals surface area contributed by atoms with E-state index >= 15 is 0 Å². The van der Waals surface area contributed by atoms with E-state index in [-0.39, 0.29) is 6.10 Å². The number of aliphatic hydroxyl groups is 1. The van der Waals surface area contributed by atoms with Crippen LogP contribution in [0.5, 0.6) is 0 Å². The second-order valence-corrected chi connectivity index (χ2v) is 3.73. The highest BCUT2D eigenvalue weighted by atomic mass is 16.3. The average molecular weight is 157 g/mol. The fourth-order valence-corrected chi connectivity index (χ4v) is 2.30. The minimum atomic E-state index is 0.0266. The second-order valence-electron chi connectivity index (χ2n) is 3.73. The largest absolute Gasteiger partial charge is 0.393 e. The van der Waals surface area contributed by atoms with Gasteiger partial charge in [0.05, 0.1) is 6.10 Å². The molecule has 2 nitrogen and oxygen atoms in total. The molecule has 1 heterocycles. The Morgan fingerprint density at radius 1 is 1.27 bits per heavy atom. The van der Waals surface area contributed by atoms with Crippen LogP contribution in [0.4, 0.5) is 0 Å². The van der Waals surface area contributed by atoms with Crippen LogP contribution in [0.1, 0.15) is 26.7 Å². The molecule has 0 atom stereocenters. The van der Waals surface area contributed by atoms with Gasteiger partial charge in [-0.2, -0.15) is 0 Å². The monoisotopic (exact) mass is 157 g/mol. The van der Waals surface area contributed by atoms with Gasteiger partial charge in [-0.25, -0.2) is 0 Å². The molecule has 1 aliphatic heterocycles. The van der Waals surface area contributed by atoms with Crippen LogP contribution in [0.25, 0.3) is 0 Å². The first-order chi connectivity index (χ1) is 5.20. The first-order valence-electron chi connectivity index (χ1n) is 4.57. The van der Waals surface area contributed by atoms with Gasteiger partial charge in [-0.3, -0.25) is 0 Å². The van der Waals surface area contributed by atoms with Crippen molar-refractivity contribution in [3.8, 4) is 0 Å². The van der Waals surface area contributed by atoms with Gasteiger partial charge < -0.3 is 10.0 Å². The molecule has 2 heteroatoms. The number of hydrogen-bond donors (Lipinski definition) is 1. The summed E-state index contributed by atoms with van der Waals surface area (Å²) in [5.74, 6) is 0. The van der Waals surface area contributed by atoms with Crippen molar-refractivity contribution in [3.05, 3.63) is 0 Å². The van der Waals surface area contributed by atoms with E-state index in [1.54, 1.807) is 0 Å². The highest BCUT2D eigenvalue weighted by molar-refractivity contribution is 5.03. The molecule has 0 aromatic heterocycles. The highest BCUT2D eigenvalue weighted by Gasteiger charge is 2.50. The van der Waals surface area contributed by atoms with Crippen molar-refractivity contribution in [1.29, 1.82) is 0 Å². The lowest BCUT2D eigenvalue weighted by Crippen LogP contribution is -2.62. The zero-order chi connectivity index (χ0) is 8.48. The molecule has 1 aliphatic carbocycles. The minimum Gasteiger partial charge on any atom is -0.393 e. The molecule has 1 saturated carbocycles. The van der Waals surface area contributed by atoms with Gasteiger partial charge in [0.1, 0.15) is 0 Å². The summed E-state index contributed by atoms with van der Waals surface area (Å²) >= 11 is 0. The molecule has 66 valence electrons. The van der Waals surface area contributed by atoms with Gasteiger partial charge in [-0.05, 0) is 19.9 Å². The van der Waals surface area contributed by atoms with E-state index in [9.17, 15) is 0 Å².